The summed E-state index contributed by atoms with van der Waals surface area (Å²) in [5, 5.41) is 9.57. The molecule has 3 aliphatic carbocycles. The van der Waals surface area contributed by atoms with Crippen LogP contribution in [0.15, 0.2) is 54.6 Å². The molecule has 3 aliphatic rings. The molecule has 3 unspecified atom stereocenters. The Kier molecular flexibility index (Phi) is 7.69. The number of methoxy groups -OCH3 is 1. The first-order valence-corrected chi connectivity index (χ1v) is 14.7. The third kappa shape index (κ3) is 5.00. The smallest absolute Gasteiger partial charge is 0.307 e. The average molecular weight is 545 g/mol. The van der Waals surface area contributed by atoms with Crippen molar-refractivity contribution in [3.8, 4) is 22.6 Å². The van der Waals surface area contributed by atoms with Gasteiger partial charge in [-0.05, 0) is 102 Å². The fourth-order valence-corrected chi connectivity index (χ4v) is 7.17. The molecule has 40 heavy (non-hydrogen) atoms. The van der Waals surface area contributed by atoms with E-state index in [0.29, 0.717) is 23.8 Å². The van der Waals surface area contributed by atoms with Crippen molar-refractivity contribution < 1.29 is 23.8 Å². The molecule has 2 fully saturated rings. The highest BCUT2D eigenvalue weighted by Crippen LogP contribution is 2.62. The van der Waals surface area contributed by atoms with Gasteiger partial charge in [0.05, 0.1) is 13.0 Å². The minimum atomic E-state index is -0.695. The zero-order valence-corrected chi connectivity index (χ0v) is 24.4. The van der Waals surface area contributed by atoms with Crippen LogP contribution >= 0.6 is 0 Å². The van der Waals surface area contributed by atoms with Gasteiger partial charge in [0.15, 0.2) is 0 Å². The second kappa shape index (κ2) is 10.9. The molecule has 0 aliphatic heterocycles. The van der Waals surface area contributed by atoms with E-state index in [1.165, 1.54) is 11.6 Å². The van der Waals surface area contributed by atoms with E-state index < -0.39 is 5.97 Å². The third-order valence-electron chi connectivity index (χ3n) is 9.45. The number of fused-ring (bicyclic) bond motifs is 2. The Bertz CT molecular complexity index is 1410. The van der Waals surface area contributed by atoms with E-state index in [-0.39, 0.29) is 22.6 Å². The molecule has 5 heteroatoms. The Morgan fingerprint density at radius 3 is 2.45 bits per heavy atom. The van der Waals surface area contributed by atoms with E-state index in [4.69, 9.17) is 9.47 Å². The second-order valence-electron chi connectivity index (χ2n) is 12.1. The monoisotopic (exact) mass is 544 g/mol. The zero-order chi connectivity index (χ0) is 28.7. The summed E-state index contributed by atoms with van der Waals surface area (Å²) < 4.78 is 26.7. The van der Waals surface area contributed by atoms with Gasteiger partial charge in [-0.1, -0.05) is 58.4 Å². The normalized spacial score (nSPS) is 23.8. The summed E-state index contributed by atoms with van der Waals surface area (Å²) in [4.78, 5) is 11.6. The van der Waals surface area contributed by atoms with Gasteiger partial charge in [0, 0.05) is 11.0 Å². The van der Waals surface area contributed by atoms with Crippen molar-refractivity contribution >= 4 is 5.97 Å². The number of aliphatic carboxylic acids is 1. The Labute approximate surface area is 237 Å². The molecule has 6 rings (SSSR count). The molecule has 0 saturated heterocycles. The lowest BCUT2D eigenvalue weighted by Crippen LogP contribution is -2.17. The lowest BCUT2D eigenvalue weighted by atomic mass is 9.75. The fourth-order valence-electron chi connectivity index (χ4n) is 7.17. The van der Waals surface area contributed by atoms with Crippen molar-refractivity contribution in [2.24, 2.45) is 11.3 Å². The number of hydrogen-bond donors (Lipinski definition) is 1. The summed E-state index contributed by atoms with van der Waals surface area (Å²) in [5.41, 5.74) is 6.01. The number of halogens is 1. The first kappa shape index (κ1) is 28.2. The largest absolute Gasteiger partial charge is 0.497 e. The van der Waals surface area contributed by atoms with Crippen molar-refractivity contribution in [3.05, 3.63) is 82.7 Å². The number of benzene rings is 3. The van der Waals surface area contributed by atoms with E-state index in [0.717, 1.165) is 66.5 Å². The maximum atomic E-state index is 15.1. The first-order chi connectivity index (χ1) is 19.2. The summed E-state index contributed by atoms with van der Waals surface area (Å²) in [5.74, 6) is 0.511. The molecule has 3 aromatic rings. The van der Waals surface area contributed by atoms with Crippen LogP contribution in [0.4, 0.5) is 4.39 Å². The molecule has 2 saturated carbocycles. The van der Waals surface area contributed by atoms with Gasteiger partial charge in [0.25, 0.3) is 0 Å². The predicted molar refractivity (Wildman–Crippen MR) is 157 cm³/mol. The minimum absolute atomic E-state index is 0.128. The van der Waals surface area contributed by atoms with Gasteiger partial charge >= 0.3 is 5.97 Å². The van der Waals surface area contributed by atoms with Crippen molar-refractivity contribution in [1.29, 1.82) is 0 Å². The number of aryl methyl sites for hydroxylation is 1. The van der Waals surface area contributed by atoms with Gasteiger partial charge in [0.1, 0.15) is 23.9 Å². The van der Waals surface area contributed by atoms with Crippen LogP contribution in [0.3, 0.4) is 0 Å². The summed E-state index contributed by atoms with van der Waals surface area (Å²) in [6.07, 6.45) is 5.95. The lowest BCUT2D eigenvalue weighted by molar-refractivity contribution is -0.139. The highest BCUT2D eigenvalue weighted by atomic mass is 19.1. The maximum absolute atomic E-state index is 15.1. The molecule has 0 bridgehead atoms. The number of hydrogen-bond acceptors (Lipinski definition) is 3. The number of carbonyl (C=O) groups is 1. The number of carboxylic acids is 1. The van der Waals surface area contributed by atoms with Crippen molar-refractivity contribution in [2.75, 3.05) is 7.11 Å². The predicted octanol–water partition coefficient (Wildman–Crippen LogP) is 8.69. The number of rotatable bonds is 7. The maximum Gasteiger partial charge on any atom is 0.307 e. The third-order valence-corrected chi connectivity index (χ3v) is 9.45. The van der Waals surface area contributed by atoms with Gasteiger partial charge < -0.3 is 14.6 Å². The van der Waals surface area contributed by atoms with Crippen LogP contribution in [-0.4, -0.2) is 18.2 Å². The van der Waals surface area contributed by atoms with Crippen LogP contribution in [0.1, 0.15) is 88.0 Å². The van der Waals surface area contributed by atoms with Crippen LogP contribution in [-0.2, 0) is 23.2 Å². The fraction of sp³-hybridized carbons (Fsp3) is 0.457. The van der Waals surface area contributed by atoms with Crippen molar-refractivity contribution in [2.45, 2.75) is 84.2 Å². The van der Waals surface area contributed by atoms with E-state index in [1.807, 2.05) is 32.0 Å². The molecule has 0 heterocycles. The number of ether oxygens (including phenoxy) is 2. The van der Waals surface area contributed by atoms with Gasteiger partial charge in [0.2, 0.25) is 0 Å². The molecule has 212 valence electrons. The van der Waals surface area contributed by atoms with Crippen LogP contribution in [0, 0.1) is 17.2 Å². The van der Waals surface area contributed by atoms with Gasteiger partial charge in [-0.25, -0.2) is 4.39 Å². The highest BCUT2D eigenvalue weighted by molar-refractivity contribution is 5.78. The summed E-state index contributed by atoms with van der Waals surface area (Å²) in [6, 6.07) is 17.3. The molecule has 3 aromatic carbocycles. The molecule has 0 radical (unpaired) electrons. The highest BCUT2D eigenvalue weighted by Gasteiger charge is 2.61. The molecule has 3 atom stereocenters. The van der Waals surface area contributed by atoms with E-state index in [2.05, 4.69) is 32.0 Å². The van der Waals surface area contributed by atoms with E-state index in [1.54, 1.807) is 19.2 Å². The average Bonchev–Trinajstić information content (AvgIpc) is 3.45. The molecule has 0 aromatic heterocycles. The van der Waals surface area contributed by atoms with Crippen LogP contribution in [0.5, 0.6) is 11.5 Å². The Balaban J connectivity index is 0.00000158. The SMILES string of the molecule is CC.COc1ccc(F)c(-c2ccc(COc3ccc4c(c3)C3(CC4)CC3C(=O)O)cc2C2CCCC2(C)C)c1. The van der Waals surface area contributed by atoms with Crippen LogP contribution < -0.4 is 9.47 Å². The number of carboxylic acid groups (broad SMARTS) is 1. The molecule has 1 spiro atoms. The summed E-state index contributed by atoms with van der Waals surface area (Å²) in [7, 11) is 1.60. The van der Waals surface area contributed by atoms with Crippen molar-refractivity contribution in [1.82, 2.24) is 0 Å². The quantitative estimate of drug-likeness (QED) is 0.323. The van der Waals surface area contributed by atoms with E-state index in [9.17, 15) is 9.90 Å². The molecule has 1 N–H and O–H groups in total. The van der Waals surface area contributed by atoms with Crippen LogP contribution in [0.25, 0.3) is 11.1 Å². The molecular formula is C35H41FO4. The van der Waals surface area contributed by atoms with E-state index >= 15 is 4.39 Å². The standard InChI is InChI=1S/C33H35FO4.C2H6/c1-32(2)13-4-5-27(32)25-15-20(6-10-24(25)26-16-22(37-3)9-11-30(26)34)19-38-23-8-7-21-12-14-33(28(21)17-23)18-29(33)31(35)36;1-2/h6-11,15-17,27,29H,4-5,12-14,18-19H2,1-3H3,(H,35,36);1-2H3. The van der Waals surface area contributed by atoms with Gasteiger partial charge in [-0.2, -0.15) is 0 Å². The Hall–Kier alpha value is -3.34. The molecule has 0 amide bonds. The first-order valence-electron chi connectivity index (χ1n) is 14.7. The summed E-state index contributed by atoms with van der Waals surface area (Å²) >= 11 is 0. The van der Waals surface area contributed by atoms with Crippen molar-refractivity contribution in [3.63, 3.8) is 0 Å². The van der Waals surface area contributed by atoms with Gasteiger partial charge in [-0.3, -0.25) is 4.79 Å². The van der Waals surface area contributed by atoms with Gasteiger partial charge in [-0.15, -0.1) is 0 Å². The Morgan fingerprint density at radius 2 is 1.77 bits per heavy atom. The second-order valence-corrected chi connectivity index (χ2v) is 12.1. The molecular weight excluding hydrogens is 503 g/mol. The minimum Gasteiger partial charge on any atom is -0.497 e. The topological polar surface area (TPSA) is 55.8 Å². The summed E-state index contributed by atoms with van der Waals surface area (Å²) in [6.45, 7) is 9.01. The van der Waals surface area contributed by atoms with Crippen LogP contribution in [0.2, 0.25) is 0 Å². The Morgan fingerprint density at radius 1 is 1.00 bits per heavy atom. The lowest BCUT2D eigenvalue weighted by Gasteiger charge is -2.30. The molecule has 4 nitrogen and oxygen atoms in total. The zero-order valence-electron chi connectivity index (χ0n) is 24.4.